The lowest BCUT2D eigenvalue weighted by atomic mass is 10.0. The van der Waals surface area contributed by atoms with Crippen LogP contribution in [0, 0.1) is 0 Å². The number of phenolic OH excluding ortho intramolecular Hbond substituents is 1. The second-order valence-corrected chi connectivity index (χ2v) is 6.90. The van der Waals surface area contributed by atoms with Crippen LogP contribution in [-0.2, 0) is 11.3 Å². The SMILES string of the molecule is CC1(C)COCCN1Cc1cc(Br)c(O)c(Br)c1. The number of phenols is 1. The van der Waals surface area contributed by atoms with E-state index in [1.807, 2.05) is 12.1 Å². The van der Waals surface area contributed by atoms with E-state index in [9.17, 15) is 5.11 Å². The Bertz CT molecular complexity index is 426. The van der Waals surface area contributed by atoms with Crippen molar-refractivity contribution >= 4 is 31.9 Å². The predicted octanol–water partition coefficient (Wildman–Crippen LogP) is 3.53. The fraction of sp³-hybridized carbons (Fsp3) is 0.538. The molecule has 1 N–H and O–H groups in total. The molecule has 1 aromatic rings. The van der Waals surface area contributed by atoms with E-state index in [1.165, 1.54) is 5.56 Å². The van der Waals surface area contributed by atoms with Crippen molar-refractivity contribution in [1.82, 2.24) is 4.90 Å². The van der Waals surface area contributed by atoms with Gasteiger partial charge in [0.2, 0.25) is 0 Å². The molecule has 1 heterocycles. The maximum Gasteiger partial charge on any atom is 0.143 e. The average molecular weight is 379 g/mol. The zero-order chi connectivity index (χ0) is 13.3. The van der Waals surface area contributed by atoms with Gasteiger partial charge in [-0.2, -0.15) is 0 Å². The molecule has 1 saturated heterocycles. The zero-order valence-electron chi connectivity index (χ0n) is 10.5. The van der Waals surface area contributed by atoms with Crippen LogP contribution in [0.3, 0.4) is 0 Å². The Morgan fingerprint density at radius 1 is 1.33 bits per heavy atom. The van der Waals surface area contributed by atoms with Gasteiger partial charge in [0.1, 0.15) is 5.75 Å². The standard InChI is InChI=1S/C13H17Br2NO2/c1-13(2)8-18-4-3-16(13)7-9-5-10(14)12(17)11(15)6-9/h5-6,17H,3-4,7-8H2,1-2H3. The normalized spacial score (nSPS) is 20.0. The molecule has 0 radical (unpaired) electrons. The number of morpholine rings is 1. The third-order valence-electron chi connectivity index (χ3n) is 3.27. The Morgan fingerprint density at radius 2 is 1.94 bits per heavy atom. The molecular weight excluding hydrogens is 362 g/mol. The van der Waals surface area contributed by atoms with Crippen LogP contribution in [0.15, 0.2) is 21.1 Å². The fourth-order valence-electron chi connectivity index (χ4n) is 2.11. The first-order valence-electron chi connectivity index (χ1n) is 5.90. The summed E-state index contributed by atoms with van der Waals surface area (Å²) < 4.78 is 6.96. The number of nitrogens with zero attached hydrogens (tertiary/aromatic N) is 1. The minimum absolute atomic E-state index is 0.0507. The van der Waals surface area contributed by atoms with E-state index < -0.39 is 0 Å². The molecule has 0 bridgehead atoms. The van der Waals surface area contributed by atoms with Gasteiger partial charge >= 0.3 is 0 Å². The highest BCUT2D eigenvalue weighted by Gasteiger charge is 2.30. The van der Waals surface area contributed by atoms with Crippen LogP contribution in [0.25, 0.3) is 0 Å². The Kier molecular flexibility index (Phi) is 4.36. The molecule has 1 aliphatic rings. The molecule has 1 fully saturated rings. The molecular formula is C13H17Br2NO2. The predicted molar refractivity (Wildman–Crippen MR) is 78.8 cm³/mol. The van der Waals surface area contributed by atoms with Crippen LogP contribution in [0.2, 0.25) is 0 Å². The van der Waals surface area contributed by atoms with Gasteiger partial charge in [-0.1, -0.05) is 0 Å². The zero-order valence-corrected chi connectivity index (χ0v) is 13.7. The van der Waals surface area contributed by atoms with Crippen LogP contribution in [-0.4, -0.2) is 35.3 Å². The van der Waals surface area contributed by atoms with Crippen molar-refractivity contribution < 1.29 is 9.84 Å². The number of hydrogen-bond acceptors (Lipinski definition) is 3. The molecule has 100 valence electrons. The molecule has 1 aliphatic heterocycles. The molecule has 0 spiro atoms. The first-order chi connectivity index (χ1) is 8.40. The van der Waals surface area contributed by atoms with E-state index in [4.69, 9.17) is 4.74 Å². The van der Waals surface area contributed by atoms with Crippen LogP contribution in [0.4, 0.5) is 0 Å². The van der Waals surface area contributed by atoms with Crippen LogP contribution in [0.1, 0.15) is 19.4 Å². The molecule has 0 atom stereocenters. The lowest BCUT2D eigenvalue weighted by molar-refractivity contribution is -0.0552. The summed E-state index contributed by atoms with van der Waals surface area (Å²) in [6.07, 6.45) is 0. The summed E-state index contributed by atoms with van der Waals surface area (Å²) in [5.41, 5.74) is 1.22. The van der Waals surface area contributed by atoms with E-state index in [0.717, 1.165) is 35.2 Å². The molecule has 2 rings (SSSR count). The third-order valence-corrected chi connectivity index (χ3v) is 4.48. The Labute approximate surface area is 124 Å². The molecule has 5 heteroatoms. The first-order valence-corrected chi connectivity index (χ1v) is 7.48. The van der Waals surface area contributed by atoms with Crippen molar-refractivity contribution in [3.05, 3.63) is 26.6 Å². The molecule has 0 aromatic heterocycles. The van der Waals surface area contributed by atoms with Crippen LogP contribution >= 0.6 is 31.9 Å². The summed E-state index contributed by atoms with van der Waals surface area (Å²) in [6, 6.07) is 3.93. The molecule has 0 saturated carbocycles. The van der Waals surface area contributed by atoms with Crippen molar-refractivity contribution in [3.63, 3.8) is 0 Å². The molecule has 3 nitrogen and oxygen atoms in total. The van der Waals surface area contributed by atoms with Gasteiger partial charge in [0.15, 0.2) is 0 Å². The molecule has 0 amide bonds. The van der Waals surface area contributed by atoms with E-state index in [0.29, 0.717) is 0 Å². The number of hydrogen-bond donors (Lipinski definition) is 1. The molecule has 0 aliphatic carbocycles. The number of benzene rings is 1. The summed E-state index contributed by atoms with van der Waals surface area (Å²) in [6.45, 7) is 7.71. The van der Waals surface area contributed by atoms with Gasteiger partial charge in [0.05, 0.1) is 22.2 Å². The van der Waals surface area contributed by atoms with E-state index in [2.05, 4.69) is 50.6 Å². The van der Waals surface area contributed by atoms with Crippen molar-refractivity contribution in [2.45, 2.75) is 25.9 Å². The highest BCUT2D eigenvalue weighted by molar-refractivity contribution is 9.11. The maximum atomic E-state index is 9.71. The summed E-state index contributed by atoms with van der Waals surface area (Å²) in [5.74, 6) is 0.250. The average Bonchev–Trinajstić information content (AvgIpc) is 2.28. The quantitative estimate of drug-likeness (QED) is 0.854. The summed E-state index contributed by atoms with van der Waals surface area (Å²) in [4.78, 5) is 2.40. The second kappa shape index (κ2) is 5.49. The van der Waals surface area contributed by atoms with Crippen LogP contribution < -0.4 is 0 Å². The Hall–Kier alpha value is -0.100. The lowest BCUT2D eigenvalue weighted by Crippen LogP contribution is -2.52. The number of halogens is 2. The maximum absolute atomic E-state index is 9.71. The largest absolute Gasteiger partial charge is 0.506 e. The van der Waals surface area contributed by atoms with Gasteiger partial charge in [-0.25, -0.2) is 0 Å². The van der Waals surface area contributed by atoms with Gasteiger partial charge in [-0.3, -0.25) is 4.90 Å². The van der Waals surface area contributed by atoms with Crippen molar-refractivity contribution in [3.8, 4) is 5.75 Å². The van der Waals surface area contributed by atoms with Gasteiger partial charge in [-0.05, 0) is 63.4 Å². The smallest absolute Gasteiger partial charge is 0.143 e. The minimum atomic E-state index is 0.0507. The van der Waals surface area contributed by atoms with Gasteiger partial charge in [0.25, 0.3) is 0 Å². The Balaban J connectivity index is 2.18. The summed E-state index contributed by atoms with van der Waals surface area (Å²) in [7, 11) is 0. The molecule has 18 heavy (non-hydrogen) atoms. The van der Waals surface area contributed by atoms with E-state index in [1.54, 1.807) is 0 Å². The number of aromatic hydroxyl groups is 1. The highest BCUT2D eigenvalue weighted by Crippen LogP contribution is 2.34. The second-order valence-electron chi connectivity index (χ2n) is 5.19. The minimum Gasteiger partial charge on any atom is -0.506 e. The highest BCUT2D eigenvalue weighted by atomic mass is 79.9. The van der Waals surface area contributed by atoms with E-state index >= 15 is 0 Å². The summed E-state index contributed by atoms with van der Waals surface area (Å²) in [5, 5.41) is 9.71. The van der Waals surface area contributed by atoms with Crippen molar-refractivity contribution in [2.75, 3.05) is 19.8 Å². The number of rotatable bonds is 2. The van der Waals surface area contributed by atoms with Crippen LogP contribution in [0.5, 0.6) is 5.75 Å². The Morgan fingerprint density at radius 3 is 2.50 bits per heavy atom. The summed E-state index contributed by atoms with van der Waals surface area (Å²) >= 11 is 6.73. The fourth-order valence-corrected chi connectivity index (χ4v) is 3.39. The van der Waals surface area contributed by atoms with Crippen molar-refractivity contribution in [1.29, 1.82) is 0 Å². The first kappa shape index (κ1) is 14.3. The van der Waals surface area contributed by atoms with Crippen molar-refractivity contribution in [2.24, 2.45) is 0 Å². The third kappa shape index (κ3) is 3.07. The molecule has 0 unspecified atom stereocenters. The number of ether oxygens (including phenoxy) is 1. The van der Waals surface area contributed by atoms with Gasteiger partial charge in [0, 0.05) is 18.6 Å². The monoisotopic (exact) mass is 377 g/mol. The molecule has 1 aromatic carbocycles. The van der Waals surface area contributed by atoms with E-state index in [-0.39, 0.29) is 11.3 Å². The van der Waals surface area contributed by atoms with Gasteiger partial charge < -0.3 is 9.84 Å². The topological polar surface area (TPSA) is 32.7 Å². The van der Waals surface area contributed by atoms with Gasteiger partial charge in [-0.15, -0.1) is 0 Å². The lowest BCUT2D eigenvalue weighted by Gasteiger charge is -2.42.